The molecule has 2 N–H and O–H groups in total. The number of aliphatic imine (C=N–C) groups is 1. The summed E-state index contributed by atoms with van der Waals surface area (Å²) in [6, 6.07) is 7.84. The number of nitrogens with zero attached hydrogens (tertiary/aromatic N) is 1. The molecule has 1 aliphatic heterocycles. The second-order valence-corrected chi connectivity index (χ2v) is 4.66. The van der Waals surface area contributed by atoms with Crippen LogP contribution in [0.1, 0.15) is 6.42 Å². The van der Waals surface area contributed by atoms with Crippen molar-refractivity contribution in [1.82, 2.24) is 10.6 Å². The predicted octanol–water partition coefficient (Wildman–Crippen LogP) is 1.77. The van der Waals surface area contributed by atoms with Gasteiger partial charge in [0.15, 0.2) is 5.96 Å². The number of benzene rings is 1. The van der Waals surface area contributed by atoms with Crippen LogP contribution in [-0.4, -0.2) is 32.2 Å². The van der Waals surface area contributed by atoms with Crippen molar-refractivity contribution in [3.05, 3.63) is 28.7 Å². The maximum Gasteiger partial charge on any atom is 0.191 e. The summed E-state index contributed by atoms with van der Waals surface area (Å²) in [5.74, 6) is 1.76. The first-order chi connectivity index (χ1) is 8.34. The predicted molar refractivity (Wildman–Crippen MR) is 72.6 cm³/mol. The molecule has 0 amide bonds. The number of hydrogen-bond acceptors (Lipinski definition) is 4. The Kier molecular flexibility index (Phi) is 4.67. The second-order valence-electron chi connectivity index (χ2n) is 3.74. The van der Waals surface area contributed by atoms with Gasteiger partial charge in [-0.2, -0.15) is 0 Å². The standard InChI is InChI=1S/C12H16BrN3O/c13-10-3-1-4-11(9-10)17-8-7-16-12-14-5-2-6-15-12/h1,3-4,9H,2,5-8H2,(H2,14,15,16). The molecule has 0 saturated carbocycles. The fraction of sp³-hybridized carbons (Fsp3) is 0.417. The molecule has 0 atom stereocenters. The lowest BCUT2D eigenvalue weighted by Gasteiger charge is -2.16. The average Bonchev–Trinajstić information content (AvgIpc) is 2.36. The Labute approximate surface area is 110 Å². The number of ether oxygens (including phenoxy) is 1. The molecule has 1 aliphatic rings. The molecule has 5 heteroatoms. The van der Waals surface area contributed by atoms with Crippen LogP contribution in [0.5, 0.6) is 5.75 Å². The van der Waals surface area contributed by atoms with Crippen molar-refractivity contribution in [3.8, 4) is 5.75 Å². The van der Waals surface area contributed by atoms with Gasteiger partial charge in [-0.25, -0.2) is 0 Å². The number of nitrogens with one attached hydrogen (secondary N) is 2. The minimum atomic E-state index is 0.622. The van der Waals surface area contributed by atoms with Crippen LogP contribution in [0.3, 0.4) is 0 Å². The van der Waals surface area contributed by atoms with E-state index in [0.717, 1.165) is 42.2 Å². The Bertz CT molecular complexity index is 395. The van der Waals surface area contributed by atoms with Gasteiger partial charge in [0.1, 0.15) is 12.4 Å². The molecule has 4 nitrogen and oxygen atoms in total. The van der Waals surface area contributed by atoms with Crippen molar-refractivity contribution in [2.45, 2.75) is 6.42 Å². The van der Waals surface area contributed by atoms with E-state index in [1.54, 1.807) is 0 Å². The largest absolute Gasteiger partial charge is 0.492 e. The zero-order valence-corrected chi connectivity index (χ0v) is 11.2. The SMILES string of the molecule is Brc1cccc(OCCNC2=NCCCN2)c1. The highest BCUT2D eigenvalue weighted by atomic mass is 79.9. The zero-order chi connectivity index (χ0) is 11.9. The molecular weight excluding hydrogens is 282 g/mol. The Morgan fingerprint density at radius 3 is 3.18 bits per heavy atom. The van der Waals surface area contributed by atoms with E-state index >= 15 is 0 Å². The number of halogens is 1. The van der Waals surface area contributed by atoms with Crippen molar-refractivity contribution < 1.29 is 4.74 Å². The molecule has 1 aromatic rings. The summed E-state index contributed by atoms with van der Waals surface area (Å²) in [6.45, 7) is 3.27. The third kappa shape index (κ3) is 4.26. The van der Waals surface area contributed by atoms with Crippen molar-refractivity contribution in [1.29, 1.82) is 0 Å². The molecule has 0 fully saturated rings. The Hall–Kier alpha value is -1.23. The van der Waals surface area contributed by atoms with Gasteiger partial charge >= 0.3 is 0 Å². The van der Waals surface area contributed by atoms with Crippen LogP contribution in [-0.2, 0) is 0 Å². The first kappa shape index (κ1) is 12.2. The van der Waals surface area contributed by atoms with Gasteiger partial charge in [0.2, 0.25) is 0 Å². The lowest BCUT2D eigenvalue weighted by Crippen LogP contribution is -2.42. The van der Waals surface area contributed by atoms with Gasteiger partial charge in [0.05, 0.1) is 6.54 Å². The number of hydrogen-bond donors (Lipinski definition) is 2. The van der Waals surface area contributed by atoms with Crippen LogP contribution in [0.4, 0.5) is 0 Å². The van der Waals surface area contributed by atoms with E-state index in [0.29, 0.717) is 6.61 Å². The first-order valence-electron chi connectivity index (χ1n) is 5.75. The van der Waals surface area contributed by atoms with Crippen molar-refractivity contribution in [3.63, 3.8) is 0 Å². The van der Waals surface area contributed by atoms with Crippen LogP contribution in [0.2, 0.25) is 0 Å². The van der Waals surface area contributed by atoms with E-state index in [-0.39, 0.29) is 0 Å². The van der Waals surface area contributed by atoms with E-state index in [1.807, 2.05) is 24.3 Å². The molecule has 0 aromatic heterocycles. The number of rotatable bonds is 4. The van der Waals surface area contributed by atoms with Gasteiger partial charge in [-0.1, -0.05) is 22.0 Å². The summed E-state index contributed by atoms with van der Waals surface area (Å²) in [5, 5.41) is 6.41. The van der Waals surface area contributed by atoms with Crippen LogP contribution in [0.15, 0.2) is 33.7 Å². The molecule has 0 bridgehead atoms. The lowest BCUT2D eigenvalue weighted by molar-refractivity contribution is 0.321. The van der Waals surface area contributed by atoms with Gasteiger partial charge in [-0.15, -0.1) is 0 Å². The topological polar surface area (TPSA) is 45.6 Å². The van der Waals surface area contributed by atoms with E-state index in [4.69, 9.17) is 4.74 Å². The summed E-state index contributed by atoms with van der Waals surface area (Å²) in [4.78, 5) is 4.32. The van der Waals surface area contributed by atoms with E-state index < -0.39 is 0 Å². The summed E-state index contributed by atoms with van der Waals surface area (Å²) in [7, 11) is 0. The molecular formula is C12H16BrN3O. The molecule has 1 aromatic carbocycles. The van der Waals surface area contributed by atoms with Crippen molar-refractivity contribution in [2.75, 3.05) is 26.2 Å². The summed E-state index contributed by atoms with van der Waals surface area (Å²) < 4.78 is 6.63. The molecule has 0 unspecified atom stereocenters. The maximum atomic E-state index is 5.60. The lowest BCUT2D eigenvalue weighted by atomic mass is 10.3. The second kappa shape index (κ2) is 6.49. The molecule has 0 spiro atoms. The van der Waals surface area contributed by atoms with Gasteiger partial charge < -0.3 is 15.4 Å². The monoisotopic (exact) mass is 297 g/mol. The Balaban J connectivity index is 1.67. The normalized spacial score (nSPS) is 14.8. The smallest absolute Gasteiger partial charge is 0.191 e. The minimum Gasteiger partial charge on any atom is -0.492 e. The molecule has 92 valence electrons. The van der Waals surface area contributed by atoms with Crippen LogP contribution >= 0.6 is 15.9 Å². The van der Waals surface area contributed by atoms with Crippen LogP contribution < -0.4 is 15.4 Å². The Morgan fingerprint density at radius 2 is 2.41 bits per heavy atom. The molecule has 0 radical (unpaired) electrons. The van der Waals surface area contributed by atoms with E-state index in [2.05, 4.69) is 31.6 Å². The Morgan fingerprint density at radius 1 is 1.47 bits per heavy atom. The fourth-order valence-corrected chi connectivity index (χ4v) is 1.92. The van der Waals surface area contributed by atoms with Gasteiger partial charge in [-0.3, -0.25) is 4.99 Å². The first-order valence-corrected chi connectivity index (χ1v) is 6.54. The summed E-state index contributed by atoms with van der Waals surface area (Å²) >= 11 is 3.41. The summed E-state index contributed by atoms with van der Waals surface area (Å²) in [5.41, 5.74) is 0. The van der Waals surface area contributed by atoms with Crippen LogP contribution in [0.25, 0.3) is 0 Å². The van der Waals surface area contributed by atoms with Gasteiger partial charge in [-0.05, 0) is 24.6 Å². The fourth-order valence-electron chi connectivity index (χ4n) is 1.55. The molecule has 0 aliphatic carbocycles. The molecule has 17 heavy (non-hydrogen) atoms. The minimum absolute atomic E-state index is 0.622. The third-order valence-electron chi connectivity index (χ3n) is 2.36. The van der Waals surface area contributed by atoms with Crippen molar-refractivity contribution >= 4 is 21.9 Å². The van der Waals surface area contributed by atoms with Gasteiger partial charge in [0.25, 0.3) is 0 Å². The maximum absolute atomic E-state index is 5.60. The highest BCUT2D eigenvalue weighted by Crippen LogP contribution is 2.17. The molecule has 2 rings (SSSR count). The highest BCUT2D eigenvalue weighted by molar-refractivity contribution is 9.10. The van der Waals surface area contributed by atoms with E-state index in [1.165, 1.54) is 0 Å². The van der Waals surface area contributed by atoms with E-state index in [9.17, 15) is 0 Å². The average molecular weight is 298 g/mol. The van der Waals surface area contributed by atoms with Gasteiger partial charge in [0, 0.05) is 17.6 Å². The third-order valence-corrected chi connectivity index (χ3v) is 2.85. The number of guanidine groups is 1. The van der Waals surface area contributed by atoms with Crippen molar-refractivity contribution in [2.24, 2.45) is 4.99 Å². The van der Waals surface area contributed by atoms with Crippen LogP contribution in [0, 0.1) is 0 Å². The summed E-state index contributed by atoms with van der Waals surface area (Å²) in [6.07, 6.45) is 1.11. The zero-order valence-electron chi connectivity index (χ0n) is 9.58. The quantitative estimate of drug-likeness (QED) is 0.833. The molecule has 1 heterocycles. The molecule has 0 saturated heterocycles. The highest BCUT2D eigenvalue weighted by Gasteiger charge is 2.02.